The Balaban J connectivity index is 2.95. The Hall–Kier alpha value is -1.23. The first-order valence-electron chi connectivity index (χ1n) is 6.22. The van der Waals surface area contributed by atoms with Gasteiger partial charge in [-0.1, -0.05) is 6.07 Å². The third-order valence-corrected chi connectivity index (χ3v) is 2.71. The zero-order valence-electron chi connectivity index (χ0n) is 11.8. The Kier molecular flexibility index (Phi) is 5.23. The second-order valence-corrected chi connectivity index (χ2v) is 5.61. The van der Waals surface area contributed by atoms with Crippen LogP contribution in [0, 0.1) is 5.82 Å². The standard InChI is InChI=1S/C14H21F3N2/c1-14(2,3)18-8-10-11(15)6-5-7-12(10)19(4)9-13(16)17/h5-7,13,18H,8-9H2,1-4H3. The van der Waals surface area contributed by atoms with Crippen molar-refractivity contribution in [2.45, 2.75) is 39.3 Å². The maximum Gasteiger partial charge on any atom is 0.255 e. The first-order valence-corrected chi connectivity index (χ1v) is 6.22. The van der Waals surface area contributed by atoms with Crippen LogP contribution in [0.4, 0.5) is 18.9 Å². The van der Waals surface area contributed by atoms with Gasteiger partial charge in [0, 0.05) is 30.4 Å². The lowest BCUT2D eigenvalue weighted by Crippen LogP contribution is -2.36. The van der Waals surface area contributed by atoms with Gasteiger partial charge in [0.2, 0.25) is 0 Å². The number of alkyl halides is 2. The van der Waals surface area contributed by atoms with Gasteiger partial charge in [0.1, 0.15) is 5.82 Å². The summed E-state index contributed by atoms with van der Waals surface area (Å²) >= 11 is 0. The fourth-order valence-corrected chi connectivity index (χ4v) is 1.74. The number of hydrogen-bond acceptors (Lipinski definition) is 2. The molecule has 19 heavy (non-hydrogen) atoms. The van der Waals surface area contributed by atoms with E-state index in [4.69, 9.17) is 0 Å². The molecule has 0 unspecified atom stereocenters. The molecule has 0 amide bonds. The van der Waals surface area contributed by atoms with Crippen molar-refractivity contribution in [2.24, 2.45) is 0 Å². The van der Waals surface area contributed by atoms with Crippen LogP contribution in [-0.2, 0) is 6.54 Å². The number of halogens is 3. The predicted molar refractivity (Wildman–Crippen MR) is 72.3 cm³/mol. The lowest BCUT2D eigenvalue weighted by Gasteiger charge is -2.25. The Morgan fingerprint density at radius 1 is 1.26 bits per heavy atom. The van der Waals surface area contributed by atoms with Crippen LogP contribution in [0.2, 0.25) is 0 Å². The molecule has 0 fully saturated rings. The average Bonchev–Trinajstić information content (AvgIpc) is 2.24. The minimum Gasteiger partial charge on any atom is -0.369 e. The van der Waals surface area contributed by atoms with E-state index >= 15 is 0 Å². The van der Waals surface area contributed by atoms with Crippen LogP contribution in [0.25, 0.3) is 0 Å². The molecule has 1 aromatic carbocycles. The first-order chi connectivity index (χ1) is 8.70. The van der Waals surface area contributed by atoms with Gasteiger partial charge < -0.3 is 10.2 Å². The number of nitrogens with one attached hydrogen (secondary N) is 1. The number of rotatable bonds is 5. The Labute approximate surface area is 112 Å². The van der Waals surface area contributed by atoms with Gasteiger partial charge in [-0.25, -0.2) is 13.2 Å². The van der Waals surface area contributed by atoms with Gasteiger partial charge >= 0.3 is 0 Å². The second-order valence-electron chi connectivity index (χ2n) is 5.61. The van der Waals surface area contributed by atoms with Crippen molar-refractivity contribution in [3.8, 4) is 0 Å². The predicted octanol–water partition coefficient (Wildman–Crippen LogP) is 3.42. The molecular formula is C14H21F3N2. The summed E-state index contributed by atoms with van der Waals surface area (Å²) < 4.78 is 38.7. The average molecular weight is 274 g/mol. The summed E-state index contributed by atoms with van der Waals surface area (Å²) in [7, 11) is 1.54. The van der Waals surface area contributed by atoms with Gasteiger partial charge in [-0.05, 0) is 32.9 Å². The maximum absolute atomic E-state index is 13.9. The topological polar surface area (TPSA) is 15.3 Å². The van der Waals surface area contributed by atoms with E-state index in [0.717, 1.165) is 0 Å². The first kappa shape index (κ1) is 15.8. The fourth-order valence-electron chi connectivity index (χ4n) is 1.74. The summed E-state index contributed by atoms with van der Waals surface area (Å²) in [6.07, 6.45) is -2.45. The molecule has 0 aliphatic rings. The summed E-state index contributed by atoms with van der Waals surface area (Å²) in [5.74, 6) is -0.379. The highest BCUT2D eigenvalue weighted by molar-refractivity contribution is 5.53. The van der Waals surface area contributed by atoms with Gasteiger partial charge in [-0.3, -0.25) is 0 Å². The summed E-state index contributed by atoms with van der Waals surface area (Å²) in [5, 5.41) is 3.17. The third kappa shape index (κ3) is 5.11. The van der Waals surface area contributed by atoms with E-state index in [-0.39, 0.29) is 11.4 Å². The molecule has 0 heterocycles. The van der Waals surface area contributed by atoms with Crippen LogP contribution in [0.5, 0.6) is 0 Å². The van der Waals surface area contributed by atoms with Gasteiger partial charge in [-0.15, -0.1) is 0 Å². The molecule has 2 nitrogen and oxygen atoms in total. The molecule has 0 aliphatic carbocycles. The molecule has 1 N–H and O–H groups in total. The third-order valence-electron chi connectivity index (χ3n) is 2.71. The van der Waals surface area contributed by atoms with Crippen molar-refractivity contribution in [1.29, 1.82) is 0 Å². The number of anilines is 1. The van der Waals surface area contributed by atoms with E-state index in [1.54, 1.807) is 13.1 Å². The lowest BCUT2D eigenvalue weighted by molar-refractivity contribution is 0.156. The summed E-state index contributed by atoms with van der Waals surface area (Å²) in [6, 6.07) is 4.54. The minimum atomic E-state index is -2.45. The SMILES string of the molecule is CN(CC(F)F)c1cccc(F)c1CNC(C)(C)C. The summed E-state index contributed by atoms with van der Waals surface area (Å²) in [4.78, 5) is 1.38. The van der Waals surface area contributed by atoms with Crippen LogP contribution < -0.4 is 10.2 Å². The molecule has 108 valence electrons. The highest BCUT2D eigenvalue weighted by atomic mass is 19.3. The fraction of sp³-hybridized carbons (Fsp3) is 0.571. The summed E-state index contributed by atoms with van der Waals surface area (Å²) in [5.41, 5.74) is 0.749. The molecule has 0 aliphatic heterocycles. The molecule has 0 saturated carbocycles. The molecule has 0 saturated heterocycles. The van der Waals surface area contributed by atoms with Crippen molar-refractivity contribution in [1.82, 2.24) is 5.32 Å². The van der Waals surface area contributed by atoms with Crippen LogP contribution in [0.15, 0.2) is 18.2 Å². The van der Waals surface area contributed by atoms with Crippen LogP contribution >= 0.6 is 0 Å². The van der Waals surface area contributed by atoms with Crippen LogP contribution in [-0.4, -0.2) is 25.6 Å². The van der Waals surface area contributed by atoms with Crippen molar-refractivity contribution in [3.63, 3.8) is 0 Å². The lowest BCUT2D eigenvalue weighted by atomic mass is 10.1. The van der Waals surface area contributed by atoms with Crippen molar-refractivity contribution >= 4 is 5.69 Å². The van der Waals surface area contributed by atoms with E-state index in [1.165, 1.54) is 17.0 Å². The van der Waals surface area contributed by atoms with E-state index in [1.807, 2.05) is 20.8 Å². The molecule has 0 aromatic heterocycles. The zero-order valence-corrected chi connectivity index (χ0v) is 11.8. The van der Waals surface area contributed by atoms with Gasteiger partial charge in [0.25, 0.3) is 6.43 Å². The Morgan fingerprint density at radius 3 is 2.42 bits per heavy atom. The minimum absolute atomic E-state index is 0.166. The highest BCUT2D eigenvalue weighted by Crippen LogP contribution is 2.23. The molecular weight excluding hydrogens is 253 g/mol. The van der Waals surface area contributed by atoms with Crippen molar-refractivity contribution in [2.75, 3.05) is 18.5 Å². The zero-order chi connectivity index (χ0) is 14.6. The maximum atomic E-state index is 13.9. The largest absolute Gasteiger partial charge is 0.369 e. The van der Waals surface area contributed by atoms with E-state index in [2.05, 4.69) is 5.32 Å². The summed E-state index contributed by atoms with van der Waals surface area (Å²) in [6.45, 7) is 5.80. The number of benzene rings is 1. The Bertz CT molecular complexity index is 414. The monoisotopic (exact) mass is 274 g/mol. The molecule has 0 spiro atoms. The Morgan fingerprint density at radius 2 is 1.89 bits per heavy atom. The van der Waals surface area contributed by atoms with Crippen molar-refractivity contribution in [3.05, 3.63) is 29.6 Å². The number of hydrogen-bond donors (Lipinski definition) is 1. The van der Waals surface area contributed by atoms with Crippen molar-refractivity contribution < 1.29 is 13.2 Å². The quantitative estimate of drug-likeness (QED) is 0.885. The normalized spacial score (nSPS) is 12.0. The van der Waals surface area contributed by atoms with Crippen LogP contribution in [0.1, 0.15) is 26.3 Å². The molecule has 5 heteroatoms. The van der Waals surface area contributed by atoms with Gasteiger partial charge in [0.15, 0.2) is 0 Å². The second kappa shape index (κ2) is 6.28. The molecule has 1 aromatic rings. The van der Waals surface area contributed by atoms with Crippen LogP contribution in [0.3, 0.4) is 0 Å². The highest BCUT2D eigenvalue weighted by Gasteiger charge is 2.17. The van der Waals surface area contributed by atoms with E-state index < -0.39 is 13.0 Å². The molecule has 0 radical (unpaired) electrons. The van der Waals surface area contributed by atoms with Gasteiger partial charge in [0.05, 0.1) is 6.54 Å². The number of nitrogens with zero attached hydrogens (tertiary/aromatic N) is 1. The molecule has 1 rings (SSSR count). The van der Waals surface area contributed by atoms with Gasteiger partial charge in [-0.2, -0.15) is 0 Å². The molecule has 0 bridgehead atoms. The van der Waals surface area contributed by atoms with E-state index in [9.17, 15) is 13.2 Å². The van der Waals surface area contributed by atoms with E-state index in [0.29, 0.717) is 17.8 Å². The molecule has 0 atom stereocenters. The smallest absolute Gasteiger partial charge is 0.255 e.